The summed E-state index contributed by atoms with van der Waals surface area (Å²) in [5.41, 5.74) is 3.66. The first kappa shape index (κ1) is 8.38. The van der Waals surface area contributed by atoms with E-state index < -0.39 is 22.2 Å². The van der Waals surface area contributed by atoms with Crippen LogP contribution in [0.25, 0.3) is 0 Å². The molecule has 0 fully saturated rings. The third-order valence-electron chi connectivity index (χ3n) is 1.22. The predicted molar refractivity (Wildman–Crippen MR) is 37.4 cm³/mol. The molecule has 0 heterocycles. The normalized spacial score (nSPS) is 9.83. The standard InChI is InChI=1S/C6H4F2N2O2/c7-4-1-3(9)2-5(8)6(4)10(11)12/h1-2H,9H2. The summed E-state index contributed by atoms with van der Waals surface area (Å²) in [5, 5.41) is 10.0. The topological polar surface area (TPSA) is 69.2 Å². The van der Waals surface area contributed by atoms with Crippen molar-refractivity contribution in [3.05, 3.63) is 33.9 Å². The summed E-state index contributed by atoms with van der Waals surface area (Å²) >= 11 is 0. The second-order valence-electron chi connectivity index (χ2n) is 2.09. The van der Waals surface area contributed by atoms with E-state index in [2.05, 4.69) is 0 Å². The van der Waals surface area contributed by atoms with Gasteiger partial charge in [-0.1, -0.05) is 0 Å². The Bertz CT molecular complexity index is 317. The third kappa shape index (κ3) is 1.31. The second kappa shape index (κ2) is 2.72. The van der Waals surface area contributed by atoms with Crippen LogP contribution in [-0.2, 0) is 0 Å². The quantitative estimate of drug-likeness (QED) is 0.398. The molecule has 0 saturated heterocycles. The van der Waals surface area contributed by atoms with Crippen molar-refractivity contribution in [1.29, 1.82) is 0 Å². The molecule has 0 unspecified atom stereocenters. The molecule has 0 spiro atoms. The van der Waals surface area contributed by atoms with E-state index in [0.29, 0.717) is 12.1 Å². The zero-order valence-electron chi connectivity index (χ0n) is 5.75. The van der Waals surface area contributed by atoms with Crippen LogP contribution in [0, 0.1) is 21.7 Å². The minimum absolute atomic E-state index is 0.185. The summed E-state index contributed by atoms with van der Waals surface area (Å²) in [6.45, 7) is 0. The Hall–Kier alpha value is -1.72. The van der Waals surface area contributed by atoms with Gasteiger partial charge in [0.25, 0.3) is 0 Å². The van der Waals surface area contributed by atoms with E-state index in [4.69, 9.17) is 5.73 Å². The van der Waals surface area contributed by atoms with Gasteiger partial charge in [0.1, 0.15) is 0 Å². The Morgan fingerprint density at radius 2 is 1.75 bits per heavy atom. The molecule has 0 aromatic heterocycles. The van der Waals surface area contributed by atoms with Gasteiger partial charge in [-0.05, 0) is 0 Å². The lowest BCUT2D eigenvalue weighted by atomic mass is 10.2. The molecule has 2 N–H and O–H groups in total. The average Bonchev–Trinajstić information content (AvgIpc) is 1.82. The maximum absolute atomic E-state index is 12.6. The summed E-state index contributed by atoms with van der Waals surface area (Å²) in [6, 6.07) is 1.39. The Morgan fingerprint density at radius 1 is 1.33 bits per heavy atom. The minimum Gasteiger partial charge on any atom is -0.399 e. The van der Waals surface area contributed by atoms with Crippen molar-refractivity contribution < 1.29 is 13.7 Å². The van der Waals surface area contributed by atoms with Gasteiger partial charge in [-0.25, -0.2) is 0 Å². The lowest BCUT2D eigenvalue weighted by Crippen LogP contribution is -1.98. The maximum atomic E-state index is 12.6. The molecular weight excluding hydrogens is 170 g/mol. The Balaban J connectivity index is 3.38. The van der Waals surface area contributed by atoms with Crippen molar-refractivity contribution in [3.63, 3.8) is 0 Å². The van der Waals surface area contributed by atoms with Crippen molar-refractivity contribution >= 4 is 11.4 Å². The van der Waals surface area contributed by atoms with Crippen LogP contribution in [0.2, 0.25) is 0 Å². The molecule has 6 heteroatoms. The van der Waals surface area contributed by atoms with Crippen LogP contribution in [0.4, 0.5) is 20.2 Å². The molecular formula is C6H4F2N2O2. The molecule has 1 aromatic rings. The molecule has 0 aliphatic rings. The number of rotatable bonds is 1. The van der Waals surface area contributed by atoms with Gasteiger partial charge in [0.05, 0.1) is 4.92 Å². The maximum Gasteiger partial charge on any atom is 0.340 e. The lowest BCUT2D eigenvalue weighted by Gasteiger charge is -1.96. The van der Waals surface area contributed by atoms with Gasteiger partial charge in [-0.2, -0.15) is 8.78 Å². The number of nitrogen functional groups attached to an aromatic ring is 1. The Morgan fingerprint density at radius 3 is 2.08 bits per heavy atom. The van der Waals surface area contributed by atoms with E-state index in [1.54, 1.807) is 0 Å². The highest BCUT2D eigenvalue weighted by molar-refractivity contribution is 5.47. The van der Waals surface area contributed by atoms with Crippen molar-refractivity contribution in [1.82, 2.24) is 0 Å². The highest BCUT2D eigenvalue weighted by Crippen LogP contribution is 2.23. The molecule has 0 radical (unpaired) electrons. The smallest absolute Gasteiger partial charge is 0.340 e. The Kier molecular flexibility index (Phi) is 1.90. The van der Waals surface area contributed by atoms with E-state index in [1.165, 1.54) is 0 Å². The summed E-state index contributed by atoms with van der Waals surface area (Å²) in [5.74, 6) is -2.53. The first-order valence-corrected chi connectivity index (χ1v) is 2.91. The van der Waals surface area contributed by atoms with E-state index in [0.717, 1.165) is 0 Å². The molecule has 0 atom stereocenters. The van der Waals surface area contributed by atoms with Crippen molar-refractivity contribution in [2.24, 2.45) is 0 Å². The molecule has 0 amide bonds. The number of nitro benzene ring substituents is 1. The van der Waals surface area contributed by atoms with Gasteiger partial charge >= 0.3 is 5.69 Å². The van der Waals surface area contributed by atoms with Crippen LogP contribution >= 0.6 is 0 Å². The van der Waals surface area contributed by atoms with Gasteiger partial charge in [0.15, 0.2) is 0 Å². The molecule has 1 rings (SSSR count). The monoisotopic (exact) mass is 174 g/mol. The summed E-state index contributed by atoms with van der Waals surface area (Å²) < 4.78 is 25.2. The van der Waals surface area contributed by atoms with Gasteiger partial charge in [0.2, 0.25) is 11.6 Å². The molecule has 64 valence electrons. The number of nitrogens with zero attached hydrogens (tertiary/aromatic N) is 1. The van der Waals surface area contributed by atoms with Crippen molar-refractivity contribution in [2.45, 2.75) is 0 Å². The van der Waals surface area contributed by atoms with Crippen LogP contribution in [0.1, 0.15) is 0 Å². The van der Waals surface area contributed by atoms with Crippen molar-refractivity contribution in [3.8, 4) is 0 Å². The molecule has 0 aliphatic heterocycles. The van der Waals surface area contributed by atoms with Crippen LogP contribution in [0.5, 0.6) is 0 Å². The number of nitro groups is 1. The first-order valence-electron chi connectivity index (χ1n) is 2.91. The molecule has 0 bridgehead atoms. The van der Waals surface area contributed by atoms with Crippen LogP contribution < -0.4 is 5.73 Å². The summed E-state index contributed by atoms with van der Waals surface area (Å²) in [6.07, 6.45) is 0. The predicted octanol–water partition coefficient (Wildman–Crippen LogP) is 1.46. The highest BCUT2D eigenvalue weighted by atomic mass is 19.1. The SMILES string of the molecule is Nc1cc(F)c([N+](=O)[O-])c(F)c1. The second-order valence-corrected chi connectivity index (χ2v) is 2.09. The fraction of sp³-hybridized carbons (Fsp3) is 0. The fourth-order valence-corrected chi connectivity index (χ4v) is 0.760. The number of benzene rings is 1. The van der Waals surface area contributed by atoms with Gasteiger partial charge in [-0.3, -0.25) is 10.1 Å². The molecule has 0 saturated carbocycles. The molecule has 4 nitrogen and oxygen atoms in total. The van der Waals surface area contributed by atoms with E-state index in [1.807, 2.05) is 0 Å². The van der Waals surface area contributed by atoms with Gasteiger partial charge in [0, 0.05) is 17.8 Å². The van der Waals surface area contributed by atoms with Crippen LogP contribution in [0.3, 0.4) is 0 Å². The van der Waals surface area contributed by atoms with Gasteiger partial charge < -0.3 is 5.73 Å². The summed E-state index contributed by atoms with van der Waals surface area (Å²) in [7, 11) is 0. The van der Waals surface area contributed by atoms with Gasteiger partial charge in [-0.15, -0.1) is 0 Å². The van der Waals surface area contributed by atoms with Crippen LogP contribution in [0.15, 0.2) is 12.1 Å². The van der Waals surface area contributed by atoms with E-state index >= 15 is 0 Å². The number of halogens is 2. The van der Waals surface area contributed by atoms with Crippen molar-refractivity contribution in [2.75, 3.05) is 5.73 Å². The van der Waals surface area contributed by atoms with E-state index in [9.17, 15) is 18.9 Å². The lowest BCUT2D eigenvalue weighted by molar-refractivity contribution is -0.390. The number of anilines is 1. The fourth-order valence-electron chi connectivity index (χ4n) is 0.760. The zero-order chi connectivity index (χ0) is 9.30. The largest absolute Gasteiger partial charge is 0.399 e. The third-order valence-corrected chi connectivity index (χ3v) is 1.22. The molecule has 1 aromatic carbocycles. The highest BCUT2D eigenvalue weighted by Gasteiger charge is 2.20. The number of hydrogen-bond donors (Lipinski definition) is 1. The van der Waals surface area contributed by atoms with Crippen LogP contribution in [-0.4, -0.2) is 4.92 Å². The Labute approximate surface area is 65.8 Å². The van der Waals surface area contributed by atoms with E-state index in [-0.39, 0.29) is 5.69 Å². The molecule has 12 heavy (non-hydrogen) atoms. The number of nitrogens with two attached hydrogens (primary N) is 1. The minimum atomic E-state index is -1.27. The average molecular weight is 174 g/mol. The first-order chi connectivity index (χ1) is 5.52. The zero-order valence-corrected chi connectivity index (χ0v) is 5.75. The summed E-state index contributed by atoms with van der Waals surface area (Å²) in [4.78, 5) is 8.90. The number of hydrogen-bond acceptors (Lipinski definition) is 3. The molecule has 0 aliphatic carbocycles.